The molecule has 0 aliphatic carbocycles. The highest BCUT2D eigenvalue weighted by atomic mass is 35.5. The van der Waals surface area contributed by atoms with Crippen LogP contribution in [0, 0.1) is 6.92 Å². The van der Waals surface area contributed by atoms with Crippen molar-refractivity contribution in [1.29, 1.82) is 0 Å². The van der Waals surface area contributed by atoms with Crippen molar-refractivity contribution in [2.24, 2.45) is 0 Å². The van der Waals surface area contributed by atoms with Gasteiger partial charge in [0.1, 0.15) is 12.2 Å². The number of hydrogen-bond donors (Lipinski definition) is 0. The van der Waals surface area contributed by atoms with Gasteiger partial charge in [-0.3, -0.25) is 4.79 Å². The zero-order valence-corrected chi connectivity index (χ0v) is 22.5. The molecule has 3 aromatic rings. The second kappa shape index (κ2) is 12.9. The maximum Gasteiger partial charge on any atom is 0.323 e. The first-order valence-electron chi connectivity index (χ1n) is 12.7. The van der Waals surface area contributed by atoms with E-state index < -0.39 is 0 Å². The fourth-order valence-electron chi connectivity index (χ4n) is 4.85. The summed E-state index contributed by atoms with van der Waals surface area (Å²) in [5, 5.41) is 0.625. The molecule has 1 saturated heterocycles. The van der Waals surface area contributed by atoms with Gasteiger partial charge in [0.15, 0.2) is 6.29 Å². The van der Waals surface area contributed by atoms with Crippen molar-refractivity contribution < 1.29 is 19.0 Å². The van der Waals surface area contributed by atoms with Crippen molar-refractivity contribution in [2.75, 3.05) is 33.9 Å². The molecule has 196 valence electrons. The number of rotatable bonds is 11. The number of carbonyl (C=O) groups excluding carboxylic acids is 1. The van der Waals surface area contributed by atoms with Gasteiger partial charge in [-0.1, -0.05) is 54.4 Å². The molecule has 0 spiro atoms. The molecule has 1 fully saturated rings. The smallest absolute Gasteiger partial charge is 0.323 e. The summed E-state index contributed by atoms with van der Waals surface area (Å²) in [7, 11) is 2.84. The highest BCUT2D eigenvalue weighted by Gasteiger charge is 2.18. The van der Waals surface area contributed by atoms with Crippen LogP contribution in [0.2, 0.25) is 5.02 Å². The van der Waals surface area contributed by atoms with Gasteiger partial charge in [0, 0.05) is 11.1 Å². The largest absolute Gasteiger partial charge is 0.480 e. The highest BCUT2D eigenvalue weighted by Crippen LogP contribution is 2.35. The van der Waals surface area contributed by atoms with Crippen LogP contribution in [0.15, 0.2) is 36.4 Å². The summed E-state index contributed by atoms with van der Waals surface area (Å²) in [6, 6.07) is 12.4. The molecule has 0 amide bonds. The van der Waals surface area contributed by atoms with E-state index in [9.17, 15) is 4.79 Å². The molecule has 0 unspecified atom stereocenters. The SMILES string of the molecule is COc1nc(OCc2cccc(-c3cccc(CCCN4CCCCC4)c3C)c2Cl)nc(OC)c1C=O. The van der Waals surface area contributed by atoms with Crippen LogP contribution < -0.4 is 14.2 Å². The van der Waals surface area contributed by atoms with Crippen molar-refractivity contribution in [3.8, 4) is 28.9 Å². The predicted molar refractivity (Wildman–Crippen MR) is 145 cm³/mol. The number of ether oxygens (including phenoxy) is 3. The van der Waals surface area contributed by atoms with Crippen LogP contribution in [0.3, 0.4) is 0 Å². The lowest BCUT2D eigenvalue weighted by Gasteiger charge is -2.26. The Bertz CT molecular complexity index is 1200. The minimum absolute atomic E-state index is 0.0349. The third kappa shape index (κ3) is 6.40. The van der Waals surface area contributed by atoms with E-state index in [2.05, 4.69) is 40.0 Å². The van der Waals surface area contributed by atoms with E-state index in [4.69, 9.17) is 25.8 Å². The Hall–Kier alpha value is -3.16. The Morgan fingerprint density at radius 2 is 1.59 bits per heavy atom. The van der Waals surface area contributed by atoms with E-state index >= 15 is 0 Å². The predicted octanol–water partition coefficient (Wildman–Crippen LogP) is 5.93. The van der Waals surface area contributed by atoms with Crippen LogP contribution in [-0.2, 0) is 13.0 Å². The van der Waals surface area contributed by atoms with Crippen LogP contribution in [0.1, 0.15) is 52.7 Å². The molecule has 4 rings (SSSR count). The fraction of sp³-hybridized carbons (Fsp3) is 0.414. The second-order valence-corrected chi connectivity index (χ2v) is 9.60. The normalized spacial score (nSPS) is 13.8. The molecule has 2 heterocycles. The molecule has 0 N–H and O–H groups in total. The topological polar surface area (TPSA) is 73.8 Å². The molecule has 0 bridgehead atoms. The number of benzene rings is 2. The maximum absolute atomic E-state index is 11.4. The van der Waals surface area contributed by atoms with Crippen LogP contribution in [0.5, 0.6) is 17.8 Å². The quantitative estimate of drug-likeness (QED) is 0.288. The molecule has 0 radical (unpaired) electrons. The van der Waals surface area contributed by atoms with Gasteiger partial charge < -0.3 is 19.1 Å². The van der Waals surface area contributed by atoms with Gasteiger partial charge >= 0.3 is 6.01 Å². The van der Waals surface area contributed by atoms with Gasteiger partial charge in [-0.05, 0) is 68.9 Å². The van der Waals surface area contributed by atoms with Gasteiger partial charge in [-0.15, -0.1) is 0 Å². The molecule has 0 saturated carbocycles. The summed E-state index contributed by atoms with van der Waals surface area (Å²) in [5.74, 6) is 0.175. The summed E-state index contributed by atoms with van der Waals surface area (Å²) in [6.45, 7) is 5.94. The van der Waals surface area contributed by atoms with Crippen molar-refractivity contribution in [3.05, 3.63) is 63.7 Å². The molecule has 1 aliphatic heterocycles. The van der Waals surface area contributed by atoms with Crippen LogP contribution in [0.25, 0.3) is 11.1 Å². The molecular weight excluding hydrogens is 490 g/mol. The Balaban J connectivity index is 1.49. The van der Waals surface area contributed by atoms with Gasteiger partial charge in [0.05, 0.1) is 19.2 Å². The summed E-state index contributed by atoms with van der Waals surface area (Å²) in [6.07, 6.45) is 6.81. The van der Waals surface area contributed by atoms with E-state index in [0.717, 1.165) is 36.1 Å². The number of methoxy groups -OCH3 is 2. The van der Waals surface area contributed by atoms with Crippen LogP contribution in [0.4, 0.5) is 0 Å². The Kier molecular flexibility index (Phi) is 9.36. The Morgan fingerprint density at radius 3 is 2.24 bits per heavy atom. The maximum atomic E-state index is 11.4. The summed E-state index contributed by atoms with van der Waals surface area (Å²) in [4.78, 5) is 22.3. The first kappa shape index (κ1) is 26.9. The molecule has 2 aromatic carbocycles. The fourth-order valence-corrected chi connectivity index (χ4v) is 5.13. The van der Waals surface area contributed by atoms with E-state index in [0.29, 0.717) is 11.3 Å². The minimum Gasteiger partial charge on any atom is -0.480 e. The third-order valence-corrected chi connectivity index (χ3v) is 7.35. The number of aldehydes is 1. The van der Waals surface area contributed by atoms with E-state index in [1.807, 2.05) is 18.2 Å². The second-order valence-electron chi connectivity index (χ2n) is 9.22. The zero-order valence-electron chi connectivity index (χ0n) is 21.8. The summed E-state index contributed by atoms with van der Waals surface area (Å²) >= 11 is 6.88. The molecule has 0 atom stereocenters. The molecule has 1 aromatic heterocycles. The summed E-state index contributed by atoms with van der Waals surface area (Å²) < 4.78 is 16.2. The molecular formula is C29H34ClN3O4. The standard InChI is InChI=1S/C29H34ClN3O4/c1-20-21(12-9-17-33-15-5-4-6-16-33)10-7-13-23(20)24-14-8-11-22(26(24)30)19-37-29-31-27(35-2)25(18-34)28(32-29)36-3/h7-8,10-11,13-14,18H,4-6,9,12,15-17,19H2,1-3H3. The van der Waals surface area contributed by atoms with E-state index in [1.54, 1.807) is 0 Å². The van der Waals surface area contributed by atoms with Crippen LogP contribution in [-0.4, -0.2) is 55.0 Å². The van der Waals surface area contributed by atoms with Gasteiger partial charge in [-0.2, -0.15) is 9.97 Å². The van der Waals surface area contributed by atoms with Crippen molar-refractivity contribution >= 4 is 17.9 Å². The number of hydrogen-bond acceptors (Lipinski definition) is 7. The number of halogens is 1. The number of likely N-dealkylation sites (tertiary alicyclic amines) is 1. The average Bonchev–Trinajstić information content (AvgIpc) is 2.93. The Labute approximate surface area is 223 Å². The average molecular weight is 524 g/mol. The lowest BCUT2D eigenvalue weighted by atomic mass is 9.93. The number of carbonyl (C=O) groups is 1. The van der Waals surface area contributed by atoms with Gasteiger partial charge in [0.25, 0.3) is 0 Å². The van der Waals surface area contributed by atoms with Gasteiger partial charge in [0.2, 0.25) is 11.8 Å². The Morgan fingerprint density at radius 1 is 0.946 bits per heavy atom. The van der Waals surface area contributed by atoms with E-state index in [1.165, 1.54) is 57.7 Å². The molecule has 1 aliphatic rings. The number of piperidine rings is 1. The first-order valence-corrected chi connectivity index (χ1v) is 13.1. The summed E-state index contributed by atoms with van der Waals surface area (Å²) in [5.41, 5.74) is 5.62. The lowest BCUT2D eigenvalue weighted by Crippen LogP contribution is -2.30. The van der Waals surface area contributed by atoms with E-state index in [-0.39, 0.29) is 29.9 Å². The van der Waals surface area contributed by atoms with Crippen LogP contribution >= 0.6 is 11.6 Å². The van der Waals surface area contributed by atoms with Gasteiger partial charge in [-0.25, -0.2) is 0 Å². The molecule has 8 heteroatoms. The highest BCUT2D eigenvalue weighted by molar-refractivity contribution is 6.34. The number of nitrogens with zero attached hydrogens (tertiary/aromatic N) is 3. The number of aromatic nitrogens is 2. The molecule has 37 heavy (non-hydrogen) atoms. The molecule has 7 nitrogen and oxygen atoms in total. The minimum atomic E-state index is 0.0349. The number of aryl methyl sites for hydroxylation is 1. The van der Waals surface area contributed by atoms with Crippen molar-refractivity contribution in [1.82, 2.24) is 14.9 Å². The zero-order chi connectivity index (χ0) is 26.2. The van der Waals surface area contributed by atoms with Crippen molar-refractivity contribution in [3.63, 3.8) is 0 Å². The first-order chi connectivity index (χ1) is 18.0. The van der Waals surface area contributed by atoms with Crippen molar-refractivity contribution in [2.45, 2.75) is 45.6 Å². The lowest BCUT2D eigenvalue weighted by molar-refractivity contribution is 0.111. The monoisotopic (exact) mass is 523 g/mol. The third-order valence-electron chi connectivity index (χ3n) is 6.90.